The maximum Gasteiger partial charge on any atom is 0.0136 e. The Morgan fingerprint density at radius 1 is 0.947 bits per heavy atom. The van der Waals surface area contributed by atoms with Crippen molar-refractivity contribution >= 4 is 0 Å². The second-order valence-corrected chi connectivity index (χ2v) is 7.80. The van der Waals surface area contributed by atoms with E-state index in [1.165, 1.54) is 64.7 Å². The van der Waals surface area contributed by atoms with Crippen LogP contribution in [0, 0.1) is 23.7 Å². The molecule has 0 spiro atoms. The van der Waals surface area contributed by atoms with Crippen molar-refractivity contribution < 1.29 is 0 Å². The molecule has 1 N–H and O–H groups in total. The van der Waals surface area contributed by atoms with E-state index >= 15 is 0 Å². The van der Waals surface area contributed by atoms with Crippen molar-refractivity contribution in [2.24, 2.45) is 23.7 Å². The number of rotatable bonds is 9. The van der Waals surface area contributed by atoms with Gasteiger partial charge in [0, 0.05) is 19.1 Å². The summed E-state index contributed by atoms with van der Waals surface area (Å²) in [6, 6.07) is 0.917. The first-order valence-corrected chi connectivity index (χ1v) is 8.67. The Bertz CT molecular complexity index is 267. The molecule has 110 valence electrons. The lowest BCUT2D eigenvalue weighted by Gasteiger charge is -2.45. The normalized spacial score (nSPS) is 30.9. The van der Waals surface area contributed by atoms with E-state index in [1.807, 2.05) is 0 Å². The van der Waals surface area contributed by atoms with Crippen LogP contribution in [0.15, 0.2) is 0 Å². The average Bonchev–Trinajstić information content (AvgIpc) is 3.18. The van der Waals surface area contributed by atoms with E-state index in [0.29, 0.717) is 0 Å². The molecular weight excluding hydrogens is 232 g/mol. The van der Waals surface area contributed by atoms with E-state index in [4.69, 9.17) is 0 Å². The smallest absolute Gasteiger partial charge is 0.0136 e. The fraction of sp³-hybridized carbons (Fsp3) is 1.00. The molecule has 2 atom stereocenters. The van der Waals surface area contributed by atoms with Crippen LogP contribution in [-0.4, -0.2) is 37.1 Å². The Morgan fingerprint density at radius 3 is 2.00 bits per heavy atom. The average molecular weight is 264 g/mol. The van der Waals surface area contributed by atoms with Crippen LogP contribution in [0.25, 0.3) is 0 Å². The molecule has 0 aromatic heterocycles. The van der Waals surface area contributed by atoms with E-state index in [2.05, 4.69) is 24.1 Å². The topological polar surface area (TPSA) is 15.3 Å². The summed E-state index contributed by atoms with van der Waals surface area (Å²) in [7, 11) is 0. The quantitative estimate of drug-likeness (QED) is 0.688. The first kappa shape index (κ1) is 13.9. The highest BCUT2D eigenvalue weighted by Gasteiger charge is 2.39. The van der Waals surface area contributed by atoms with Crippen LogP contribution in [0.3, 0.4) is 0 Å². The van der Waals surface area contributed by atoms with E-state index in [0.717, 1.165) is 29.7 Å². The summed E-state index contributed by atoms with van der Waals surface area (Å²) in [6.45, 7) is 9.89. The highest BCUT2D eigenvalue weighted by atomic mass is 15.2. The maximum atomic E-state index is 3.68. The van der Waals surface area contributed by atoms with Gasteiger partial charge < -0.3 is 5.32 Å². The molecule has 3 aliphatic rings. The van der Waals surface area contributed by atoms with Gasteiger partial charge >= 0.3 is 0 Å². The van der Waals surface area contributed by atoms with Gasteiger partial charge in [-0.05, 0) is 75.3 Å². The van der Waals surface area contributed by atoms with Crippen LogP contribution in [0.4, 0.5) is 0 Å². The number of nitrogens with zero attached hydrogens (tertiary/aromatic N) is 1. The zero-order chi connectivity index (χ0) is 13.2. The van der Waals surface area contributed by atoms with Gasteiger partial charge in [-0.3, -0.25) is 4.90 Å². The summed E-state index contributed by atoms with van der Waals surface area (Å²) in [4.78, 5) is 2.89. The predicted molar refractivity (Wildman–Crippen MR) is 81.2 cm³/mol. The van der Waals surface area contributed by atoms with E-state index in [-0.39, 0.29) is 0 Å². The van der Waals surface area contributed by atoms with Crippen LogP contribution < -0.4 is 5.32 Å². The van der Waals surface area contributed by atoms with Gasteiger partial charge in [0.25, 0.3) is 0 Å². The van der Waals surface area contributed by atoms with Gasteiger partial charge in [0.2, 0.25) is 0 Å². The first-order chi connectivity index (χ1) is 9.22. The van der Waals surface area contributed by atoms with Gasteiger partial charge in [-0.15, -0.1) is 0 Å². The molecule has 2 unspecified atom stereocenters. The minimum Gasteiger partial charge on any atom is -0.316 e. The summed E-state index contributed by atoms with van der Waals surface area (Å²) in [5, 5.41) is 3.68. The third kappa shape index (κ3) is 4.19. The van der Waals surface area contributed by atoms with Gasteiger partial charge in [0.1, 0.15) is 0 Å². The van der Waals surface area contributed by atoms with Crippen molar-refractivity contribution in [2.75, 3.05) is 26.2 Å². The van der Waals surface area contributed by atoms with Crippen molar-refractivity contribution in [3.63, 3.8) is 0 Å². The molecule has 3 rings (SSSR count). The van der Waals surface area contributed by atoms with E-state index < -0.39 is 0 Å². The lowest BCUT2D eigenvalue weighted by atomic mass is 9.78. The molecule has 2 nitrogen and oxygen atoms in total. The number of hydrogen-bond acceptors (Lipinski definition) is 2. The zero-order valence-electron chi connectivity index (χ0n) is 12.9. The van der Waals surface area contributed by atoms with Gasteiger partial charge in [-0.2, -0.15) is 0 Å². The largest absolute Gasteiger partial charge is 0.316 e. The molecular formula is C17H32N2. The SMILES string of the molecule is CC(C)CNCC1CCC1N(CC1CC1)CC1CC1. The van der Waals surface area contributed by atoms with Gasteiger partial charge in [0.15, 0.2) is 0 Å². The summed E-state index contributed by atoms with van der Waals surface area (Å²) in [5.41, 5.74) is 0. The third-order valence-corrected chi connectivity index (χ3v) is 5.18. The molecule has 19 heavy (non-hydrogen) atoms. The van der Waals surface area contributed by atoms with Crippen LogP contribution >= 0.6 is 0 Å². The van der Waals surface area contributed by atoms with Crippen LogP contribution in [0.1, 0.15) is 52.4 Å². The standard InChI is InChI=1S/C17H32N2/c1-13(2)9-18-10-16-7-8-17(16)19(11-14-3-4-14)12-15-5-6-15/h13-18H,3-12H2,1-2H3. The fourth-order valence-corrected chi connectivity index (χ4v) is 3.44. The molecule has 0 saturated heterocycles. The van der Waals surface area contributed by atoms with Crippen molar-refractivity contribution in [1.82, 2.24) is 10.2 Å². The zero-order valence-corrected chi connectivity index (χ0v) is 12.9. The van der Waals surface area contributed by atoms with Gasteiger partial charge in [0.05, 0.1) is 0 Å². The Labute approximate surface area is 119 Å². The van der Waals surface area contributed by atoms with Crippen molar-refractivity contribution in [1.29, 1.82) is 0 Å². The van der Waals surface area contributed by atoms with E-state index in [9.17, 15) is 0 Å². The molecule has 0 bridgehead atoms. The Morgan fingerprint density at radius 2 is 1.58 bits per heavy atom. The Hall–Kier alpha value is -0.0800. The first-order valence-electron chi connectivity index (χ1n) is 8.67. The van der Waals surface area contributed by atoms with Crippen LogP contribution in [0.5, 0.6) is 0 Å². The number of hydrogen-bond donors (Lipinski definition) is 1. The predicted octanol–water partition coefficient (Wildman–Crippen LogP) is 3.13. The second-order valence-electron chi connectivity index (χ2n) is 7.80. The molecule has 3 saturated carbocycles. The molecule has 0 aromatic rings. The second kappa shape index (κ2) is 6.13. The summed E-state index contributed by atoms with van der Waals surface area (Å²) < 4.78 is 0. The third-order valence-electron chi connectivity index (χ3n) is 5.18. The Kier molecular flexibility index (Phi) is 4.48. The lowest BCUT2D eigenvalue weighted by Crippen LogP contribution is -2.52. The fourth-order valence-electron chi connectivity index (χ4n) is 3.44. The minimum absolute atomic E-state index is 0.785. The van der Waals surface area contributed by atoms with Crippen molar-refractivity contribution in [2.45, 2.75) is 58.4 Å². The van der Waals surface area contributed by atoms with E-state index in [1.54, 1.807) is 0 Å². The Balaban J connectivity index is 1.43. The minimum atomic E-state index is 0.785. The molecule has 0 heterocycles. The van der Waals surface area contributed by atoms with Crippen LogP contribution in [0.2, 0.25) is 0 Å². The summed E-state index contributed by atoms with van der Waals surface area (Å²) in [6.07, 6.45) is 8.94. The summed E-state index contributed by atoms with van der Waals surface area (Å²) in [5.74, 6) is 3.84. The molecule has 0 radical (unpaired) electrons. The maximum absolute atomic E-state index is 3.68. The molecule has 0 aromatic carbocycles. The molecule has 3 fully saturated rings. The summed E-state index contributed by atoms with van der Waals surface area (Å²) >= 11 is 0. The highest BCUT2D eigenvalue weighted by Crippen LogP contribution is 2.39. The molecule has 3 aliphatic carbocycles. The van der Waals surface area contributed by atoms with Crippen LogP contribution in [-0.2, 0) is 0 Å². The monoisotopic (exact) mass is 264 g/mol. The van der Waals surface area contributed by atoms with Gasteiger partial charge in [-0.25, -0.2) is 0 Å². The van der Waals surface area contributed by atoms with Crippen molar-refractivity contribution in [3.05, 3.63) is 0 Å². The molecule has 0 amide bonds. The lowest BCUT2D eigenvalue weighted by molar-refractivity contribution is 0.0536. The van der Waals surface area contributed by atoms with Crippen molar-refractivity contribution in [3.8, 4) is 0 Å². The molecule has 0 aliphatic heterocycles. The van der Waals surface area contributed by atoms with Gasteiger partial charge in [-0.1, -0.05) is 13.8 Å². The number of nitrogens with one attached hydrogen (secondary N) is 1. The highest BCUT2D eigenvalue weighted by molar-refractivity contribution is 4.94. The molecule has 2 heteroatoms.